The topological polar surface area (TPSA) is 55.6 Å². The highest BCUT2D eigenvalue weighted by Gasteiger charge is 2.16. The molecule has 0 aliphatic heterocycles. The Labute approximate surface area is 122 Å². The van der Waals surface area contributed by atoms with Crippen LogP contribution in [-0.4, -0.2) is 25.2 Å². The van der Waals surface area contributed by atoms with Gasteiger partial charge in [-0.2, -0.15) is 9.47 Å². The van der Waals surface area contributed by atoms with Crippen LogP contribution in [0.2, 0.25) is 0 Å². The van der Waals surface area contributed by atoms with Crippen molar-refractivity contribution in [3.8, 4) is 0 Å². The molecule has 0 spiro atoms. The third kappa shape index (κ3) is 3.55. The van der Waals surface area contributed by atoms with Crippen LogP contribution < -0.4 is 5.32 Å². The summed E-state index contributed by atoms with van der Waals surface area (Å²) in [4.78, 5) is 4.40. The molecule has 0 bridgehead atoms. The van der Waals surface area contributed by atoms with Crippen LogP contribution in [-0.2, 0) is 13.6 Å². The van der Waals surface area contributed by atoms with Crippen molar-refractivity contribution in [2.24, 2.45) is 7.05 Å². The highest BCUT2D eigenvalue weighted by atomic mass is 32.2. The number of hydrogen-bond acceptors (Lipinski definition) is 6. The molecular weight excluding hydrogens is 278 g/mol. The third-order valence-corrected chi connectivity index (χ3v) is 4.72. The molecule has 104 valence electrons. The summed E-state index contributed by atoms with van der Waals surface area (Å²) in [5.41, 5.74) is 2.31. The Balaban J connectivity index is 2.23. The Hall–Kier alpha value is -0.920. The molecule has 5 nitrogen and oxygen atoms in total. The minimum Gasteiger partial charge on any atom is -0.310 e. The van der Waals surface area contributed by atoms with Gasteiger partial charge in [0, 0.05) is 25.2 Å². The zero-order chi connectivity index (χ0) is 14.0. The largest absolute Gasteiger partial charge is 0.310 e. The Morgan fingerprint density at radius 3 is 2.68 bits per heavy atom. The standard InChI is InChI=1S/C12H19N5S2/c1-7(2)13-6-10-8(3)15-17(5)11(10)18-12-14-9(4)16-19-12/h7,13H,6H2,1-5H3. The van der Waals surface area contributed by atoms with Crippen LogP contribution in [0.3, 0.4) is 0 Å². The zero-order valence-corrected chi connectivity index (χ0v) is 13.5. The fourth-order valence-electron chi connectivity index (χ4n) is 1.72. The molecule has 0 saturated heterocycles. The van der Waals surface area contributed by atoms with E-state index < -0.39 is 0 Å². The van der Waals surface area contributed by atoms with Gasteiger partial charge in [-0.3, -0.25) is 4.68 Å². The highest BCUT2D eigenvalue weighted by Crippen LogP contribution is 2.32. The highest BCUT2D eigenvalue weighted by molar-refractivity contribution is 8.00. The van der Waals surface area contributed by atoms with Crippen LogP contribution >= 0.6 is 23.3 Å². The molecule has 1 N–H and O–H groups in total. The van der Waals surface area contributed by atoms with Crippen molar-refractivity contribution in [3.63, 3.8) is 0 Å². The number of aromatic nitrogens is 4. The van der Waals surface area contributed by atoms with Crippen molar-refractivity contribution in [1.29, 1.82) is 0 Å². The van der Waals surface area contributed by atoms with E-state index in [-0.39, 0.29) is 0 Å². The maximum absolute atomic E-state index is 4.50. The van der Waals surface area contributed by atoms with Gasteiger partial charge >= 0.3 is 0 Å². The minimum absolute atomic E-state index is 0.459. The number of nitrogens with one attached hydrogen (secondary N) is 1. The molecule has 0 fully saturated rings. The first-order valence-corrected chi connectivity index (χ1v) is 7.80. The SMILES string of the molecule is Cc1nsc(Sc2c(CNC(C)C)c(C)nn2C)n1. The van der Waals surface area contributed by atoms with Crippen LogP contribution in [0.5, 0.6) is 0 Å². The van der Waals surface area contributed by atoms with Gasteiger partial charge in [0.1, 0.15) is 10.9 Å². The molecule has 0 radical (unpaired) electrons. The van der Waals surface area contributed by atoms with E-state index >= 15 is 0 Å². The minimum atomic E-state index is 0.459. The van der Waals surface area contributed by atoms with Crippen molar-refractivity contribution >= 4 is 23.3 Å². The van der Waals surface area contributed by atoms with Crippen LogP contribution in [0.15, 0.2) is 9.37 Å². The van der Waals surface area contributed by atoms with E-state index in [1.165, 1.54) is 17.1 Å². The summed E-state index contributed by atoms with van der Waals surface area (Å²) in [5, 5.41) is 9.09. The predicted molar refractivity (Wildman–Crippen MR) is 78.7 cm³/mol. The lowest BCUT2D eigenvalue weighted by atomic mass is 10.2. The second-order valence-corrected chi connectivity index (χ2v) is 6.73. The van der Waals surface area contributed by atoms with Crippen LogP contribution in [0.25, 0.3) is 0 Å². The zero-order valence-electron chi connectivity index (χ0n) is 11.9. The van der Waals surface area contributed by atoms with Crippen molar-refractivity contribution in [2.45, 2.75) is 49.6 Å². The molecule has 2 aromatic rings. The maximum atomic E-state index is 4.50. The van der Waals surface area contributed by atoms with Gasteiger partial charge in [-0.25, -0.2) is 4.98 Å². The van der Waals surface area contributed by atoms with Crippen molar-refractivity contribution in [2.75, 3.05) is 0 Å². The van der Waals surface area contributed by atoms with E-state index in [2.05, 4.69) is 33.6 Å². The molecule has 0 aliphatic carbocycles. The fourth-order valence-corrected chi connectivity index (χ4v) is 3.50. The van der Waals surface area contributed by atoms with Gasteiger partial charge in [-0.15, -0.1) is 0 Å². The molecule has 0 aromatic carbocycles. The number of aryl methyl sites for hydroxylation is 3. The fraction of sp³-hybridized carbons (Fsp3) is 0.583. The summed E-state index contributed by atoms with van der Waals surface area (Å²) in [5.74, 6) is 0.827. The first-order valence-electron chi connectivity index (χ1n) is 6.21. The summed E-state index contributed by atoms with van der Waals surface area (Å²) >= 11 is 3.08. The van der Waals surface area contributed by atoms with E-state index in [9.17, 15) is 0 Å². The van der Waals surface area contributed by atoms with E-state index in [1.807, 2.05) is 25.6 Å². The summed E-state index contributed by atoms with van der Waals surface area (Å²) in [6, 6.07) is 0.459. The van der Waals surface area contributed by atoms with Gasteiger partial charge in [-0.1, -0.05) is 13.8 Å². The monoisotopic (exact) mass is 297 g/mol. The summed E-state index contributed by atoms with van der Waals surface area (Å²) in [7, 11) is 1.97. The number of rotatable bonds is 5. The Kier molecular flexibility index (Phi) is 4.59. The quantitative estimate of drug-likeness (QED) is 0.919. The summed E-state index contributed by atoms with van der Waals surface area (Å²) in [6.45, 7) is 9.08. The normalized spacial score (nSPS) is 11.5. The summed E-state index contributed by atoms with van der Waals surface area (Å²) in [6.07, 6.45) is 0. The first-order chi connectivity index (χ1) is 8.97. The van der Waals surface area contributed by atoms with E-state index in [4.69, 9.17) is 0 Å². The van der Waals surface area contributed by atoms with Crippen molar-refractivity contribution < 1.29 is 0 Å². The maximum Gasteiger partial charge on any atom is 0.176 e. The molecule has 0 amide bonds. The molecule has 2 aromatic heterocycles. The third-order valence-electron chi connectivity index (χ3n) is 2.67. The number of nitrogens with zero attached hydrogens (tertiary/aromatic N) is 4. The smallest absolute Gasteiger partial charge is 0.176 e. The number of hydrogen-bond donors (Lipinski definition) is 1. The van der Waals surface area contributed by atoms with E-state index in [1.54, 1.807) is 11.8 Å². The lowest BCUT2D eigenvalue weighted by Gasteiger charge is -2.09. The van der Waals surface area contributed by atoms with Gasteiger partial charge in [0.05, 0.1) is 5.69 Å². The molecule has 7 heteroatoms. The summed E-state index contributed by atoms with van der Waals surface area (Å²) < 4.78 is 7.11. The molecular formula is C12H19N5S2. The lowest BCUT2D eigenvalue weighted by molar-refractivity contribution is 0.580. The van der Waals surface area contributed by atoms with Gasteiger partial charge < -0.3 is 5.32 Å². The van der Waals surface area contributed by atoms with Gasteiger partial charge in [0.25, 0.3) is 0 Å². The average Bonchev–Trinajstić information content (AvgIpc) is 2.83. The Morgan fingerprint density at radius 2 is 2.11 bits per heavy atom. The Bertz CT molecular complexity index is 558. The van der Waals surface area contributed by atoms with Crippen LogP contribution in [0.1, 0.15) is 30.9 Å². The van der Waals surface area contributed by atoms with Gasteiger partial charge in [0.15, 0.2) is 4.34 Å². The molecule has 0 unspecified atom stereocenters. The predicted octanol–water partition coefficient (Wildman–Crippen LogP) is 2.54. The van der Waals surface area contributed by atoms with Gasteiger partial charge in [0.2, 0.25) is 0 Å². The first kappa shape index (κ1) is 14.5. The van der Waals surface area contributed by atoms with E-state index in [0.29, 0.717) is 6.04 Å². The van der Waals surface area contributed by atoms with Crippen molar-refractivity contribution in [3.05, 3.63) is 17.1 Å². The molecule has 2 heterocycles. The molecule has 0 aliphatic rings. The molecule has 0 atom stereocenters. The van der Waals surface area contributed by atoms with Crippen molar-refractivity contribution in [1.82, 2.24) is 24.5 Å². The molecule has 19 heavy (non-hydrogen) atoms. The molecule has 2 rings (SSSR count). The van der Waals surface area contributed by atoms with Crippen LogP contribution in [0.4, 0.5) is 0 Å². The van der Waals surface area contributed by atoms with Crippen LogP contribution in [0, 0.1) is 13.8 Å². The average molecular weight is 297 g/mol. The molecule has 0 saturated carbocycles. The Morgan fingerprint density at radius 1 is 1.37 bits per heavy atom. The lowest BCUT2D eigenvalue weighted by Crippen LogP contribution is -2.22. The second-order valence-electron chi connectivity index (χ2n) is 4.74. The van der Waals surface area contributed by atoms with E-state index in [0.717, 1.165) is 27.4 Å². The second kappa shape index (κ2) is 6.02. The van der Waals surface area contributed by atoms with Gasteiger partial charge in [-0.05, 0) is 37.1 Å².